The van der Waals surface area contributed by atoms with Gasteiger partial charge in [-0.1, -0.05) is 6.07 Å². The summed E-state index contributed by atoms with van der Waals surface area (Å²) in [4.78, 5) is 18.2. The largest absolute Gasteiger partial charge is 0.481 e. The predicted octanol–water partition coefficient (Wildman–Crippen LogP) is 0.610. The lowest BCUT2D eigenvalue weighted by atomic mass is 10.2. The molecule has 0 unspecified atom stereocenters. The Morgan fingerprint density at radius 2 is 2.32 bits per heavy atom. The average molecular weight is 308 g/mol. The third-order valence-electron chi connectivity index (χ3n) is 3.61. The zero-order valence-corrected chi connectivity index (χ0v) is 13.2. The maximum absolute atomic E-state index is 11.7. The quantitative estimate of drug-likeness (QED) is 0.722. The van der Waals surface area contributed by atoms with Crippen molar-refractivity contribution in [1.29, 1.82) is 0 Å². The molecule has 22 heavy (non-hydrogen) atoms. The molecule has 0 aliphatic carbocycles. The van der Waals surface area contributed by atoms with Gasteiger partial charge in [0.2, 0.25) is 5.88 Å². The van der Waals surface area contributed by atoms with Crippen molar-refractivity contribution in [3.8, 4) is 5.88 Å². The summed E-state index contributed by atoms with van der Waals surface area (Å²) in [6, 6.07) is 3.94. The fraction of sp³-hybridized carbons (Fsp3) is 0.600. The molecule has 122 valence electrons. The fourth-order valence-corrected chi connectivity index (χ4v) is 2.48. The van der Waals surface area contributed by atoms with E-state index in [4.69, 9.17) is 9.47 Å². The van der Waals surface area contributed by atoms with Gasteiger partial charge in [-0.2, -0.15) is 0 Å². The Bertz CT molecular complexity index is 466. The van der Waals surface area contributed by atoms with Crippen LogP contribution in [0.15, 0.2) is 18.3 Å². The van der Waals surface area contributed by atoms with Crippen molar-refractivity contribution < 1.29 is 14.3 Å². The van der Waals surface area contributed by atoms with E-state index in [9.17, 15) is 4.79 Å². The Balaban J connectivity index is 1.71. The van der Waals surface area contributed by atoms with E-state index in [1.54, 1.807) is 14.2 Å². The molecule has 2 heterocycles. The van der Waals surface area contributed by atoms with Crippen LogP contribution < -0.4 is 15.4 Å². The van der Waals surface area contributed by atoms with Crippen LogP contribution >= 0.6 is 0 Å². The lowest BCUT2D eigenvalue weighted by Gasteiger charge is -2.17. The van der Waals surface area contributed by atoms with E-state index in [0.717, 1.165) is 31.6 Å². The molecule has 2 amide bonds. The summed E-state index contributed by atoms with van der Waals surface area (Å²) in [7, 11) is 3.22. The lowest BCUT2D eigenvalue weighted by Crippen LogP contribution is -2.44. The number of pyridine rings is 1. The molecule has 0 spiro atoms. The molecule has 1 atom stereocenters. The number of carbonyl (C=O) groups excluding carboxylic acids is 1. The molecule has 1 aliphatic heterocycles. The predicted molar refractivity (Wildman–Crippen MR) is 82.9 cm³/mol. The fourth-order valence-electron chi connectivity index (χ4n) is 2.48. The molecule has 0 radical (unpaired) electrons. The minimum absolute atomic E-state index is 0.130. The van der Waals surface area contributed by atoms with Gasteiger partial charge in [0, 0.05) is 51.6 Å². The number of amides is 2. The SMILES string of the molecule is COCCNC(=O)N[C@@H]1CCN(Cc2ccc(OC)nc2)C1. The summed E-state index contributed by atoms with van der Waals surface area (Å²) < 4.78 is 9.95. The van der Waals surface area contributed by atoms with Gasteiger partial charge in [0.25, 0.3) is 0 Å². The number of methoxy groups -OCH3 is 2. The zero-order chi connectivity index (χ0) is 15.8. The topological polar surface area (TPSA) is 75.7 Å². The van der Waals surface area contributed by atoms with Crippen LogP contribution in [-0.2, 0) is 11.3 Å². The van der Waals surface area contributed by atoms with Crippen LogP contribution in [0.1, 0.15) is 12.0 Å². The molecule has 2 rings (SSSR count). The number of carbonyl (C=O) groups is 1. The summed E-state index contributed by atoms with van der Waals surface area (Å²) in [6.07, 6.45) is 2.79. The molecule has 0 saturated carbocycles. The van der Waals surface area contributed by atoms with Gasteiger partial charge in [-0.15, -0.1) is 0 Å². The monoisotopic (exact) mass is 308 g/mol. The first-order valence-corrected chi connectivity index (χ1v) is 7.46. The smallest absolute Gasteiger partial charge is 0.315 e. The molecule has 1 aromatic heterocycles. The lowest BCUT2D eigenvalue weighted by molar-refractivity contribution is 0.195. The van der Waals surface area contributed by atoms with Gasteiger partial charge in [0.1, 0.15) is 0 Å². The summed E-state index contributed by atoms with van der Waals surface area (Å²) in [5.41, 5.74) is 1.14. The Labute approximate surface area is 131 Å². The molecule has 2 N–H and O–H groups in total. The summed E-state index contributed by atoms with van der Waals surface area (Å²) in [5, 5.41) is 5.76. The van der Waals surface area contributed by atoms with Crippen molar-refractivity contribution in [2.75, 3.05) is 40.5 Å². The highest BCUT2D eigenvalue weighted by Gasteiger charge is 2.23. The number of hydrogen-bond donors (Lipinski definition) is 2. The number of likely N-dealkylation sites (tertiary alicyclic amines) is 1. The van der Waals surface area contributed by atoms with Crippen molar-refractivity contribution in [2.24, 2.45) is 0 Å². The Kier molecular flexibility index (Phi) is 6.42. The molecule has 1 aromatic rings. The van der Waals surface area contributed by atoms with Crippen LogP contribution in [0.3, 0.4) is 0 Å². The van der Waals surface area contributed by atoms with E-state index in [-0.39, 0.29) is 12.1 Å². The number of hydrogen-bond acceptors (Lipinski definition) is 5. The third-order valence-corrected chi connectivity index (χ3v) is 3.61. The van der Waals surface area contributed by atoms with Crippen LogP contribution in [0.25, 0.3) is 0 Å². The number of nitrogens with one attached hydrogen (secondary N) is 2. The van der Waals surface area contributed by atoms with Gasteiger partial charge in [0.15, 0.2) is 0 Å². The second-order valence-electron chi connectivity index (χ2n) is 5.32. The highest BCUT2D eigenvalue weighted by Crippen LogP contribution is 2.14. The first kappa shape index (κ1) is 16.5. The molecular formula is C15H24N4O3. The van der Waals surface area contributed by atoms with Gasteiger partial charge in [-0.3, -0.25) is 4.90 Å². The average Bonchev–Trinajstić information content (AvgIpc) is 2.95. The maximum atomic E-state index is 11.7. The van der Waals surface area contributed by atoms with Crippen LogP contribution in [-0.4, -0.2) is 62.4 Å². The van der Waals surface area contributed by atoms with Crippen molar-refractivity contribution in [3.05, 3.63) is 23.9 Å². The van der Waals surface area contributed by atoms with E-state index < -0.39 is 0 Å². The zero-order valence-electron chi connectivity index (χ0n) is 13.2. The molecule has 1 fully saturated rings. The number of aromatic nitrogens is 1. The molecule has 0 bridgehead atoms. The number of ether oxygens (including phenoxy) is 2. The van der Waals surface area contributed by atoms with E-state index in [0.29, 0.717) is 19.0 Å². The van der Waals surface area contributed by atoms with Crippen molar-refractivity contribution >= 4 is 6.03 Å². The van der Waals surface area contributed by atoms with Gasteiger partial charge in [-0.05, 0) is 12.0 Å². The molecule has 1 saturated heterocycles. The number of nitrogens with zero attached hydrogens (tertiary/aromatic N) is 2. The first-order valence-electron chi connectivity index (χ1n) is 7.46. The molecule has 1 aliphatic rings. The van der Waals surface area contributed by atoms with Crippen LogP contribution in [0.5, 0.6) is 5.88 Å². The Morgan fingerprint density at radius 1 is 1.45 bits per heavy atom. The number of urea groups is 1. The third kappa shape index (κ3) is 5.16. The second-order valence-corrected chi connectivity index (χ2v) is 5.32. The highest BCUT2D eigenvalue weighted by molar-refractivity contribution is 5.74. The normalized spacial score (nSPS) is 18.2. The minimum Gasteiger partial charge on any atom is -0.481 e. The van der Waals surface area contributed by atoms with Crippen molar-refractivity contribution in [1.82, 2.24) is 20.5 Å². The Morgan fingerprint density at radius 3 is 3.00 bits per heavy atom. The second kappa shape index (κ2) is 8.55. The van der Waals surface area contributed by atoms with E-state index in [2.05, 4.69) is 20.5 Å². The van der Waals surface area contributed by atoms with Crippen molar-refractivity contribution in [3.63, 3.8) is 0 Å². The molecule has 7 nitrogen and oxygen atoms in total. The molecule has 7 heteroatoms. The number of rotatable bonds is 7. The van der Waals surface area contributed by atoms with Gasteiger partial charge in [0.05, 0.1) is 13.7 Å². The van der Waals surface area contributed by atoms with E-state index in [1.165, 1.54) is 0 Å². The van der Waals surface area contributed by atoms with E-state index >= 15 is 0 Å². The van der Waals surface area contributed by atoms with Crippen molar-refractivity contribution in [2.45, 2.75) is 19.0 Å². The van der Waals surface area contributed by atoms with Gasteiger partial charge < -0.3 is 20.1 Å². The van der Waals surface area contributed by atoms with Gasteiger partial charge >= 0.3 is 6.03 Å². The van der Waals surface area contributed by atoms with Crippen LogP contribution in [0.2, 0.25) is 0 Å². The summed E-state index contributed by atoms with van der Waals surface area (Å²) in [5.74, 6) is 0.623. The standard InChI is InChI=1S/C15H24N4O3/c1-21-8-6-16-15(20)18-13-5-7-19(11-13)10-12-3-4-14(22-2)17-9-12/h3-4,9,13H,5-8,10-11H2,1-2H3,(H2,16,18,20)/t13-/m1/s1. The summed E-state index contributed by atoms with van der Waals surface area (Å²) >= 11 is 0. The molecule has 0 aromatic carbocycles. The van der Waals surface area contributed by atoms with E-state index in [1.807, 2.05) is 18.3 Å². The first-order chi connectivity index (χ1) is 10.7. The van der Waals surface area contributed by atoms with Crippen LogP contribution in [0.4, 0.5) is 4.79 Å². The minimum atomic E-state index is -0.130. The highest BCUT2D eigenvalue weighted by atomic mass is 16.5. The molecular weight excluding hydrogens is 284 g/mol. The van der Waals surface area contributed by atoms with Crippen LogP contribution in [0, 0.1) is 0 Å². The Hall–Kier alpha value is -1.86. The maximum Gasteiger partial charge on any atom is 0.315 e. The summed E-state index contributed by atoms with van der Waals surface area (Å²) in [6.45, 7) is 3.70. The van der Waals surface area contributed by atoms with Gasteiger partial charge in [-0.25, -0.2) is 9.78 Å².